The van der Waals surface area contributed by atoms with Crippen LogP contribution in [0.5, 0.6) is 0 Å². The van der Waals surface area contributed by atoms with Crippen molar-refractivity contribution in [2.75, 3.05) is 39.8 Å². The Morgan fingerprint density at radius 2 is 1.84 bits per heavy atom. The Balaban J connectivity index is 1.71. The summed E-state index contributed by atoms with van der Waals surface area (Å²) in [6.45, 7) is 10.4. The monoisotopic (exact) mass is 269 g/mol. The molecule has 4 nitrogen and oxygen atoms in total. The highest BCUT2D eigenvalue weighted by molar-refractivity contribution is 4.87. The van der Waals surface area contributed by atoms with Gasteiger partial charge in [-0.1, -0.05) is 0 Å². The summed E-state index contributed by atoms with van der Waals surface area (Å²) >= 11 is 0. The van der Waals surface area contributed by atoms with Crippen LogP contribution in [-0.2, 0) is 4.74 Å². The van der Waals surface area contributed by atoms with Crippen molar-refractivity contribution in [3.63, 3.8) is 0 Å². The molecule has 2 heterocycles. The first-order valence-electron chi connectivity index (χ1n) is 7.77. The molecule has 0 bridgehead atoms. The molecule has 1 atom stereocenters. The van der Waals surface area contributed by atoms with Crippen molar-refractivity contribution < 1.29 is 4.74 Å². The Morgan fingerprint density at radius 1 is 1.16 bits per heavy atom. The first-order valence-corrected chi connectivity index (χ1v) is 7.77. The topological polar surface area (TPSA) is 41.7 Å². The van der Waals surface area contributed by atoms with Crippen LogP contribution in [0.4, 0.5) is 0 Å². The number of hydrogen-bond donors (Lipinski definition) is 1. The summed E-state index contributed by atoms with van der Waals surface area (Å²) < 4.78 is 5.50. The third kappa shape index (κ3) is 4.42. The zero-order valence-electron chi connectivity index (χ0n) is 12.9. The second-order valence-electron chi connectivity index (χ2n) is 6.83. The first-order chi connectivity index (χ1) is 9.00. The third-order valence-corrected chi connectivity index (χ3v) is 4.92. The zero-order chi connectivity index (χ0) is 13.9. The maximum absolute atomic E-state index is 5.98. The van der Waals surface area contributed by atoms with Crippen LogP contribution < -0.4 is 5.73 Å². The number of piperidine rings is 1. The predicted molar refractivity (Wildman–Crippen MR) is 79.3 cm³/mol. The molecule has 2 N–H and O–H groups in total. The molecule has 2 fully saturated rings. The van der Waals surface area contributed by atoms with Crippen LogP contribution in [0, 0.1) is 0 Å². The molecule has 2 aliphatic rings. The van der Waals surface area contributed by atoms with Crippen LogP contribution >= 0.6 is 0 Å². The van der Waals surface area contributed by atoms with Gasteiger partial charge >= 0.3 is 0 Å². The number of hydrogen-bond acceptors (Lipinski definition) is 4. The maximum Gasteiger partial charge on any atom is 0.0634 e. The van der Waals surface area contributed by atoms with E-state index in [4.69, 9.17) is 10.5 Å². The van der Waals surface area contributed by atoms with Gasteiger partial charge in [0.15, 0.2) is 0 Å². The number of rotatable bonds is 5. The molecule has 1 unspecified atom stereocenters. The predicted octanol–water partition coefficient (Wildman–Crippen LogP) is 1.30. The average Bonchev–Trinajstić information content (AvgIpc) is 2.86. The molecule has 0 spiro atoms. The van der Waals surface area contributed by atoms with Crippen molar-refractivity contribution in [3.8, 4) is 0 Å². The SMILES string of the molecule is COC(C)(C)CCN1CCC(N2CCC(N)CC2)C1. The molecule has 19 heavy (non-hydrogen) atoms. The molecule has 0 saturated carbocycles. The molecule has 0 aromatic rings. The Hall–Kier alpha value is -0.160. The van der Waals surface area contributed by atoms with Gasteiger partial charge in [0.2, 0.25) is 0 Å². The summed E-state index contributed by atoms with van der Waals surface area (Å²) in [5, 5.41) is 0. The highest BCUT2D eigenvalue weighted by Gasteiger charge is 2.30. The summed E-state index contributed by atoms with van der Waals surface area (Å²) in [4.78, 5) is 5.25. The molecule has 4 heteroatoms. The van der Waals surface area contributed by atoms with Crippen LogP contribution in [0.15, 0.2) is 0 Å². The molecule has 0 aromatic carbocycles. The Kier molecular flexibility index (Phi) is 5.23. The van der Waals surface area contributed by atoms with Crippen LogP contribution in [-0.4, -0.2) is 67.3 Å². The van der Waals surface area contributed by atoms with Crippen LogP contribution in [0.2, 0.25) is 0 Å². The minimum absolute atomic E-state index is 0.00990. The highest BCUT2D eigenvalue weighted by atomic mass is 16.5. The molecular weight excluding hydrogens is 238 g/mol. The lowest BCUT2D eigenvalue weighted by Crippen LogP contribution is -2.46. The van der Waals surface area contributed by atoms with Crippen molar-refractivity contribution in [2.24, 2.45) is 5.73 Å². The quantitative estimate of drug-likeness (QED) is 0.817. The lowest BCUT2D eigenvalue weighted by molar-refractivity contribution is 0.00843. The van der Waals surface area contributed by atoms with E-state index in [1.807, 2.05) is 7.11 Å². The Labute approximate surface area is 118 Å². The summed E-state index contributed by atoms with van der Waals surface area (Å²) in [6.07, 6.45) is 4.78. The fraction of sp³-hybridized carbons (Fsp3) is 1.00. The van der Waals surface area contributed by atoms with Gasteiger partial charge in [-0.15, -0.1) is 0 Å². The van der Waals surface area contributed by atoms with Crippen molar-refractivity contribution in [3.05, 3.63) is 0 Å². The fourth-order valence-corrected chi connectivity index (χ4v) is 3.13. The van der Waals surface area contributed by atoms with Gasteiger partial charge in [-0.3, -0.25) is 4.90 Å². The molecule has 2 saturated heterocycles. The molecule has 2 rings (SSSR count). The number of nitrogens with zero attached hydrogens (tertiary/aromatic N) is 2. The van der Waals surface area contributed by atoms with Gasteiger partial charge in [0.1, 0.15) is 0 Å². The van der Waals surface area contributed by atoms with E-state index >= 15 is 0 Å². The van der Waals surface area contributed by atoms with Gasteiger partial charge in [-0.25, -0.2) is 0 Å². The molecule has 0 radical (unpaired) electrons. The van der Waals surface area contributed by atoms with Crippen LogP contribution in [0.25, 0.3) is 0 Å². The van der Waals surface area contributed by atoms with Crippen molar-refractivity contribution >= 4 is 0 Å². The zero-order valence-corrected chi connectivity index (χ0v) is 12.9. The fourth-order valence-electron chi connectivity index (χ4n) is 3.13. The second kappa shape index (κ2) is 6.53. The summed E-state index contributed by atoms with van der Waals surface area (Å²) in [5.74, 6) is 0. The first kappa shape index (κ1) is 15.2. The minimum atomic E-state index is 0.00990. The number of methoxy groups -OCH3 is 1. The van der Waals surface area contributed by atoms with Crippen LogP contribution in [0.1, 0.15) is 39.5 Å². The molecule has 0 aromatic heterocycles. The van der Waals surface area contributed by atoms with Crippen molar-refractivity contribution in [1.29, 1.82) is 0 Å². The smallest absolute Gasteiger partial charge is 0.0634 e. The van der Waals surface area contributed by atoms with Crippen molar-refractivity contribution in [2.45, 2.75) is 57.2 Å². The Morgan fingerprint density at radius 3 is 2.47 bits per heavy atom. The van der Waals surface area contributed by atoms with Crippen molar-refractivity contribution in [1.82, 2.24) is 9.80 Å². The normalized spacial score (nSPS) is 28.1. The van der Waals surface area contributed by atoms with E-state index in [-0.39, 0.29) is 5.60 Å². The van der Waals surface area contributed by atoms with Gasteiger partial charge in [-0.2, -0.15) is 0 Å². The van der Waals surface area contributed by atoms with E-state index in [1.54, 1.807) is 0 Å². The van der Waals surface area contributed by atoms with E-state index in [0.29, 0.717) is 6.04 Å². The van der Waals surface area contributed by atoms with Crippen LogP contribution in [0.3, 0.4) is 0 Å². The number of ether oxygens (including phenoxy) is 1. The minimum Gasteiger partial charge on any atom is -0.379 e. The van der Waals surface area contributed by atoms with E-state index in [2.05, 4.69) is 23.6 Å². The van der Waals surface area contributed by atoms with Gasteiger partial charge < -0.3 is 15.4 Å². The third-order valence-electron chi connectivity index (χ3n) is 4.92. The van der Waals surface area contributed by atoms with E-state index in [9.17, 15) is 0 Å². The number of likely N-dealkylation sites (tertiary alicyclic amines) is 2. The van der Waals surface area contributed by atoms with Gasteiger partial charge in [0.25, 0.3) is 0 Å². The van der Waals surface area contributed by atoms with Gasteiger partial charge in [0, 0.05) is 32.3 Å². The maximum atomic E-state index is 5.98. The standard InChI is InChI=1S/C15H31N3O/c1-15(2,19-3)7-11-17-8-6-14(12-17)18-9-4-13(16)5-10-18/h13-14H,4-12,16H2,1-3H3. The summed E-state index contributed by atoms with van der Waals surface area (Å²) in [5.41, 5.74) is 5.99. The highest BCUT2D eigenvalue weighted by Crippen LogP contribution is 2.21. The van der Waals surface area contributed by atoms with E-state index in [0.717, 1.165) is 19.0 Å². The van der Waals surface area contributed by atoms with Gasteiger partial charge in [0.05, 0.1) is 5.60 Å². The molecule has 2 aliphatic heterocycles. The largest absolute Gasteiger partial charge is 0.379 e. The molecule has 0 amide bonds. The lowest BCUT2D eigenvalue weighted by Gasteiger charge is -2.35. The second-order valence-corrected chi connectivity index (χ2v) is 6.83. The summed E-state index contributed by atoms with van der Waals surface area (Å²) in [7, 11) is 1.81. The van der Waals surface area contributed by atoms with E-state index in [1.165, 1.54) is 45.4 Å². The number of nitrogens with two attached hydrogens (primary N) is 1. The molecule has 0 aliphatic carbocycles. The van der Waals surface area contributed by atoms with E-state index < -0.39 is 0 Å². The summed E-state index contributed by atoms with van der Waals surface area (Å²) in [6, 6.07) is 1.20. The van der Waals surface area contributed by atoms with Gasteiger partial charge in [-0.05, 0) is 59.2 Å². The average molecular weight is 269 g/mol. The lowest BCUT2D eigenvalue weighted by atomic mass is 10.0. The molecular formula is C15H31N3O. The molecule has 112 valence electrons. The Bertz CT molecular complexity index is 275.